The zero-order valence-electron chi connectivity index (χ0n) is 17.4. The first kappa shape index (κ1) is 20.5. The average Bonchev–Trinajstić information content (AvgIpc) is 3.21. The molecule has 0 bridgehead atoms. The lowest BCUT2D eigenvalue weighted by molar-refractivity contribution is -0.350. The summed E-state index contributed by atoms with van der Waals surface area (Å²) in [4.78, 5) is 24.2. The van der Waals surface area contributed by atoms with Crippen LogP contribution in [-0.4, -0.2) is 51.2 Å². The predicted molar refractivity (Wildman–Crippen MR) is 103 cm³/mol. The van der Waals surface area contributed by atoms with Crippen molar-refractivity contribution in [3.05, 3.63) is 11.6 Å². The standard InChI is InChI=1S/C23H32O7/c1-20-6-3-16-17(23(20,29)9-5-15(20)13-10-18(25)30-12-13)4-7-21(28)11-14(24)2-8-22(16,21)19(26)27/h10,14-17,24,28-29H,2-9,11-12H2,1H3,(H,26,27)/p-1/t14-,15-,16-,17+,20+,21+,22+,23-/m0/s1. The van der Waals surface area contributed by atoms with Gasteiger partial charge in [-0.25, -0.2) is 4.79 Å². The van der Waals surface area contributed by atoms with Gasteiger partial charge >= 0.3 is 5.97 Å². The van der Waals surface area contributed by atoms with Gasteiger partial charge in [0.1, 0.15) is 6.61 Å². The van der Waals surface area contributed by atoms with Crippen molar-refractivity contribution in [1.29, 1.82) is 0 Å². The molecule has 30 heavy (non-hydrogen) atoms. The van der Waals surface area contributed by atoms with Crippen molar-refractivity contribution in [2.75, 3.05) is 6.61 Å². The fourth-order valence-corrected chi connectivity index (χ4v) is 8.47. The third kappa shape index (κ3) is 2.32. The number of ether oxygens (including phenoxy) is 1. The van der Waals surface area contributed by atoms with Crippen molar-refractivity contribution >= 4 is 11.9 Å². The Morgan fingerprint density at radius 3 is 2.50 bits per heavy atom. The molecular weight excluding hydrogens is 388 g/mol. The quantitative estimate of drug-likeness (QED) is 0.555. The lowest BCUT2D eigenvalue weighted by Crippen LogP contribution is -2.72. The van der Waals surface area contributed by atoms with Crippen LogP contribution in [-0.2, 0) is 14.3 Å². The Hall–Kier alpha value is -1.44. The van der Waals surface area contributed by atoms with Gasteiger partial charge in [-0.05, 0) is 74.7 Å². The molecule has 5 aliphatic rings. The molecule has 4 aliphatic carbocycles. The summed E-state index contributed by atoms with van der Waals surface area (Å²) in [6.07, 6.45) is 4.64. The van der Waals surface area contributed by atoms with E-state index in [4.69, 9.17) is 4.74 Å². The van der Waals surface area contributed by atoms with E-state index in [1.54, 1.807) is 6.08 Å². The molecule has 0 aromatic rings. The van der Waals surface area contributed by atoms with E-state index in [1.165, 1.54) is 0 Å². The van der Waals surface area contributed by atoms with Crippen LogP contribution in [0.3, 0.4) is 0 Å². The number of hydrogen-bond acceptors (Lipinski definition) is 7. The van der Waals surface area contributed by atoms with Gasteiger partial charge in [0.05, 0.1) is 23.3 Å². The molecule has 0 unspecified atom stereocenters. The number of cyclic esters (lactones) is 1. The van der Waals surface area contributed by atoms with Crippen molar-refractivity contribution in [3.8, 4) is 0 Å². The van der Waals surface area contributed by atoms with Crippen LogP contribution in [0, 0.1) is 28.6 Å². The van der Waals surface area contributed by atoms with Crippen LogP contribution in [0.4, 0.5) is 0 Å². The molecule has 166 valence electrons. The molecule has 0 spiro atoms. The molecule has 4 saturated carbocycles. The number of fused-ring (bicyclic) bond motifs is 5. The Labute approximate surface area is 176 Å². The van der Waals surface area contributed by atoms with E-state index in [1.807, 2.05) is 0 Å². The summed E-state index contributed by atoms with van der Waals surface area (Å²) < 4.78 is 5.13. The molecule has 1 aliphatic heterocycles. The number of carbonyl (C=O) groups is 2. The van der Waals surface area contributed by atoms with Crippen LogP contribution < -0.4 is 5.11 Å². The molecule has 0 aromatic heterocycles. The molecule has 4 fully saturated rings. The van der Waals surface area contributed by atoms with Crippen LogP contribution >= 0.6 is 0 Å². The summed E-state index contributed by atoms with van der Waals surface area (Å²) in [6.45, 7) is 2.34. The van der Waals surface area contributed by atoms with Crippen molar-refractivity contribution in [1.82, 2.24) is 0 Å². The highest BCUT2D eigenvalue weighted by atomic mass is 16.5. The van der Waals surface area contributed by atoms with E-state index < -0.39 is 34.1 Å². The van der Waals surface area contributed by atoms with Crippen molar-refractivity contribution in [2.45, 2.75) is 82.0 Å². The number of esters is 1. The number of carboxylic acids is 1. The minimum absolute atomic E-state index is 0.0304. The molecular formula is C23H31O7-. The third-order valence-corrected chi connectivity index (χ3v) is 9.92. The molecule has 8 atom stereocenters. The largest absolute Gasteiger partial charge is 0.549 e. The van der Waals surface area contributed by atoms with Crippen LogP contribution in [0.15, 0.2) is 11.6 Å². The van der Waals surface area contributed by atoms with Gasteiger partial charge in [0, 0.05) is 23.3 Å². The minimum atomic E-state index is -1.50. The van der Waals surface area contributed by atoms with E-state index in [2.05, 4.69) is 6.92 Å². The topological polar surface area (TPSA) is 127 Å². The van der Waals surface area contributed by atoms with Gasteiger partial charge in [-0.15, -0.1) is 0 Å². The molecule has 3 N–H and O–H groups in total. The Morgan fingerprint density at radius 1 is 1.10 bits per heavy atom. The van der Waals surface area contributed by atoms with Crippen molar-refractivity contribution in [2.24, 2.45) is 28.6 Å². The second-order valence-corrected chi connectivity index (χ2v) is 10.7. The monoisotopic (exact) mass is 419 g/mol. The summed E-state index contributed by atoms with van der Waals surface area (Å²) in [5.74, 6) is -2.19. The SMILES string of the molecule is C[C@]12CC[C@H]3[C@@H](CC[C@@]4(O)C[C@@H](O)CC[C@]34C(=O)[O-])[C@@]1(O)CC[C@H]2C1=CC(=O)OC1. The van der Waals surface area contributed by atoms with Gasteiger partial charge in [0.25, 0.3) is 0 Å². The highest BCUT2D eigenvalue weighted by Crippen LogP contribution is 2.70. The molecule has 7 nitrogen and oxygen atoms in total. The van der Waals surface area contributed by atoms with E-state index in [-0.39, 0.29) is 49.6 Å². The summed E-state index contributed by atoms with van der Waals surface area (Å²) in [6, 6.07) is 0. The number of aliphatic hydroxyl groups excluding tert-OH is 1. The Kier molecular flexibility index (Phi) is 4.30. The van der Waals surface area contributed by atoms with Gasteiger partial charge in [-0.1, -0.05) is 6.92 Å². The van der Waals surface area contributed by atoms with Crippen molar-refractivity contribution in [3.63, 3.8) is 0 Å². The maximum atomic E-state index is 12.6. The highest BCUT2D eigenvalue weighted by molar-refractivity contribution is 5.85. The number of carboxylic acid groups (broad SMARTS) is 1. The Bertz CT molecular complexity index is 822. The van der Waals surface area contributed by atoms with Gasteiger partial charge in [-0.2, -0.15) is 0 Å². The second kappa shape index (κ2) is 6.30. The number of hydrogen-bond donors (Lipinski definition) is 3. The van der Waals surface area contributed by atoms with E-state index >= 15 is 0 Å². The Morgan fingerprint density at radius 2 is 1.83 bits per heavy atom. The van der Waals surface area contributed by atoms with Crippen LogP contribution in [0.2, 0.25) is 0 Å². The van der Waals surface area contributed by atoms with Crippen LogP contribution in [0.1, 0.15) is 64.7 Å². The van der Waals surface area contributed by atoms with Crippen molar-refractivity contribution < 1.29 is 34.8 Å². The normalized spacial score (nSPS) is 52.7. The third-order valence-electron chi connectivity index (χ3n) is 9.92. The molecule has 1 heterocycles. The number of rotatable bonds is 2. The first-order chi connectivity index (χ1) is 14.1. The Balaban J connectivity index is 1.54. The fourth-order valence-electron chi connectivity index (χ4n) is 8.47. The lowest BCUT2D eigenvalue weighted by Gasteiger charge is -2.67. The summed E-state index contributed by atoms with van der Waals surface area (Å²) >= 11 is 0. The van der Waals surface area contributed by atoms with Crippen LogP contribution in [0.5, 0.6) is 0 Å². The molecule has 0 saturated heterocycles. The fraction of sp³-hybridized carbons (Fsp3) is 0.826. The highest BCUT2D eigenvalue weighted by Gasteiger charge is 2.71. The first-order valence-electron chi connectivity index (χ1n) is 11.3. The average molecular weight is 419 g/mol. The maximum Gasteiger partial charge on any atom is 0.331 e. The van der Waals surface area contributed by atoms with Gasteiger partial charge in [-0.3, -0.25) is 0 Å². The summed E-state index contributed by atoms with van der Waals surface area (Å²) in [5, 5.41) is 46.2. The summed E-state index contributed by atoms with van der Waals surface area (Å²) in [5.41, 5.74) is -3.53. The van der Waals surface area contributed by atoms with E-state index in [0.29, 0.717) is 32.1 Å². The zero-order chi connectivity index (χ0) is 21.5. The molecule has 0 radical (unpaired) electrons. The minimum Gasteiger partial charge on any atom is -0.549 e. The van der Waals surface area contributed by atoms with E-state index in [0.717, 1.165) is 12.0 Å². The molecule has 7 heteroatoms. The molecule has 0 aromatic carbocycles. The van der Waals surface area contributed by atoms with Crippen LogP contribution in [0.25, 0.3) is 0 Å². The lowest BCUT2D eigenvalue weighted by atomic mass is 9.41. The number of aliphatic hydroxyl groups is 3. The zero-order valence-corrected chi connectivity index (χ0v) is 17.4. The second-order valence-electron chi connectivity index (χ2n) is 10.7. The molecule has 5 rings (SSSR count). The van der Waals surface area contributed by atoms with Gasteiger partial charge in [0.15, 0.2) is 0 Å². The smallest absolute Gasteiger partial charge is 0.331 e. The molecule has 0 amide bonds. The number of carbonyl (C=O) groups excluding carboxylic acids is 2. The van der Waals surface area contributed by atoms with Gasteiger partial charge in [0.2, 0.25) is 0 Å². The van der Waals surface area contributed by atoms with Gasteiger partial charge < -0.3 is 30.0 Å². The first-order valence-corrected chi connectivity index (χ1v) is 11.3. The van der Waals surface area contributed by atoms with E-state index in [9.17, 15) is 30.0 Å². The number of aliphatic carboxylic acids is 1. The maximum absolute atomic E-state index is 12.6. The predicted octanol–water partition coefficient (Wildman–Crippen LogP) is 0.449. The summed E-state index contributed by atoms with van der Waals surface area (Å²) in [7, 11) is 0.